The zero-order chi connectivity index (χ0) is 19.6. The van der Waals surface area contributed by atoms with Crippen LogP contribution in [0.5, 0.6) is 0 Å². The van der Waals surface area contributed by atoms with Gasteiger partial charge in [0.15, 0.2) is 0 Å². The van der Waals surface area contributed by atoms with E-state index in [2.05, 4.69) is 10.6 Å². The molecule has 0 atom stereocenters. The fourth-order valence-electron chi connectivity index (χ4n) is 2.24. The summed E-state index contributed by atoms with van der Waals surface area (Å²) in [7, 11) is 3.91. The van der Waals surface area contributed by atoms with E-state index < -0.39 is 0 Å². The van der Waals surface area contributed by atoms with Gasteiger partial charge in [0, 0.05) is 30.1 Å². The van der Waals surface area contributed by atoms with Gasteiger partial charge in [-0.1, -0.05) is 12.1 Å². The number of thioether (sulfide) groups is 1. The summed E-state index contributed by atoms with van der Waals surface area (Å²) in [5.41, 5.74) is 2.24. The molecule has 2 N–H and O–H groups in total. The molecule has 144 valence electrons. The van der Waals surface area contributed by atoms with Crippen molar-refractivity contribution >= 4 is 29.3 Å². The van der Waals surface area contributed by atoms with Gasteiger partial charge in [-0.3, -0.25) is 9.59 Å². The third-order valence-electron chi connectivity index (χ3n) is 3.69. The minimum absolute atomic E-state index is 0.0882. The summed E-state index contributed by atoms with van der Waals surface area (Å²) in [5, 5.41) is 5.60. The molecule has 0 radical (unpaired) electrons. The molecule has 0 aliphatic heterocycles. The number of nitrogens with zero attached hydrogens (tertiary/aromatic N) is 1. The molecule has 2 aromatic rings. The number of benzene rings is 2. The molecule has 2 amide bonds. The van der Waals surface area contributed by atoms with E-state index >= 15 is 0 Å². The maximum atomic E-state index is 12.8. The Morgan fingerprint density at radius 2 is 1.70 bits per heavy atom. The van der Waals surface area contributed by atoms with E-state index in [0.29, 0.717) is 29.3 Å². The molecular formula is C20H24FN3O2S. The molecule has 0 aliphatic carbocycles. The number of carbonyl (C=O) groups is 2. The third kappa shape index (κ3) is 7.80. The van der Waals surface area contributed by atoms with Crippen LogP contribution < -0.4 is 10.6 Å². The Hall–Kier alpha value is -2.38. The summed E-state index contributed by atoms with van der Waals surface area (Å²) >= 11 is 1.48. The topological polar surface area (TPSA) is 61.4 Å². The molecule has 0 saturated heterocycles. The van der Waals surface area contributed by atoms with Crippen molar-refractivity contribution in [1.82, 2.24) is 10.2 Å². The second-order valence-corrected chi connectivity index (χ2v) is 7.29. The van der Waals surface area contributed by atoms with E-state index in [1.54, 1.807) is 12.1 Å². The standard InChI is InChI=1S/C20H24FN3O2S/c1-24(2)12-11-22-20(26)16-5-3-15(4-6-16)13-27-14-19(25)23-18-9-7-17(21)8-10-18/h3-10H,11-14H2,1-2H3,(H,22,26)(H,23,25). The van der Waals surface area contributed by atoms with Crippen LogP contribution in [0.15, 0.2) is 48.5 Å². The van der Waals surface area contributed by atoms with Crippen LogP contribution in [-0.4, -0.2) is 49.7 Å². The second-order valence-electron chi connectivity index (χ2n) is 6.30. The summed E-state index contributed by atoms with van der Waals surface area (Å²) in [5.74, 6) is 0.402. The monoisotopic (exact) mass is 389 g/mol. The van der Waals surface area contributed by atoms with Crippen molar-refractivity contribution in [3.63, 3.8) is 0 Å². The van der Waals surface area contributed by atoms with E-state index in [1.165, 1.54) is 36.0 Å². The Kier molecular flexibility index (Phi) is 8.29. The molecule has 0 unspecified atom stereocenters. The second kappa shape index (κ2) is 10.7. The smallest absolute Gasteiger partial charge is 0.251 e. The highest BCUT2D eigenvalue weighted by Gasteiger charge is 2.06. The van der Waals surface area contributed by atoms with Crippen molar-refractivity contribution in [1.29, 1.82) is 0 Å². The number of amides is 2. The molecule has 0 heterocycles. The first-order valence-electron chi connectivity index (χ1n) is 8.59. The minimum atomic E-state index is -0.336. The molecule has 0 fully saturated rings. The fraction of sp³-hybridized carbons (Fsp3) is 0.300. The summed E-state index contributed by atoms with van der Waals surface area (Å²) < 4.78 is 12.8. The van der Waals surface area contributed by atoms with Crippen LogP contribution in [0, 0.1) is 5.82 Å². The Bertz CT molecular complexity index is 749. The van der Waals surface area contributed by atoms with Gasteiger partial charge in [0.2, 0.25) is 5.91 Å². The highest BCUT2D eigenvalue weighted by Crippen LogP contribution is 2.14. The Morgan fingerprint density at radius 3 is 2.33 bits per heavy atom. The number of anilines is 1. The SMILES string of the molecule is CN(C)CCNC(=O)c1ccc(CSCC(=O)Nc2ccc(F)cc2)cc1. The van der Waals surface area contributed by atoms with Crippen LogP contribution in [-0.2, 0) is 10.5 Å². The molecule has 7 heteroatoms. The molecule has 0 bridgehead atoms. The van der Waals surface area contributed by atoms with Gasteiger partial charge in [0.1, 0.15) is 5.82 Å². The van der Waals surface area contributed by atoms with E-state index in [1.807, 2.05) is 31.1 Å². The lowest BCUT2D eigenvalue weighted by Gasteiger charge is -2.10. The van der Waals surface area contributed by atoms with Gasteiger partial charge in [-0.25, -0.2) is 4.39 Å². The lowest BCUT2D eigenvalue weighted by molar-refractivity contribution is -0.113. The van der Waals surface area contributed by atoms with Crippen molar-refractivity contribution in [3.8, 4) is 0 Å². The molecule has 0 saturated carbocycles. The quantitative estimate of drug-likeness (QED) is 0.692. The van der Waals surface area contributed by atoms with Crippen LogP contribution in [0.2, 0.25) is 0 Å². The van der Waals surface area contributed by atoms with E-state index in [0.717, 1.165) is 12.1 Å². The summed E-state index contributed by atoms with van der Waals surface area (Å²) in [6.45, 7) is 1.40. The normalized spacial score (nSPS) is 10.7. The van der Waals surface area contributed by atoms with Crippen molar-refractivity contribution in [3.05, 3.63) is 65.5 Å². The predicted octanol–water partition coefficient (Wildman–Crippen LogP) is 2.99. The molecule has 5 nitrogen and oxygen atoms in total. The first-order valence-corrected chi connectivity index (χ1v) is 9.74. The highest BCUT2D eigenvalue weighted by atomic mass is 32.2. The van der Waals surface area contributed by atoms with Crippen molar-refractivity contribution in [2.75, 3.05) is 38.3 Å². The van der Waals surface area contributed by atoms with E-state index in [4.69, 9.17) is 0 Å². The molecule has 2 aromatic carbocycles. The van der Waals surface area contributed by atoms with Crippen LogP contribution in [0.1, 0.15) is 15.9 Å². The van der Waals surface area contributed by atoms with Crippen molar-refractivity contribution in [2.45, 2.75) is 5.75 Å². The van der Waals surface area contributed by atoms with Crippen LogP contribution in [0.3, 0.4) is 0 Å². The van der Waals surface area contributed by atoms with Gasteiger partial charge in [-0.15, -0.1) is 11.8 Å². The maximum Gasteiger partial charge on any atom is 0.251 e. The number of carbonyl (C=O) groups excluding carboxylic acids is 2. The number of hydrogen-bond acceptors (Lipinski definition) is 4. The molecule has 0 aromatic heterocycles. The number of likely N-dealkylation sites (N-methyl/N-ethyl adjacent to an activating group) is 1. The highest BCUT2D eigenvalue weighted by molar-refractivity contribution is 7.99. The van der Waals surface area contributed by atoms with E-state index in [-0.39, 0.29) is 17.6 Å². The zero-order valence-electron chi connectivity index (χ0n) is 15.5. The van der Waals surface area contributed by atoms with Gasteiger partial charge in [0.05, 0.1) is 5.75 Å². The summed E-state index contributed by atoms with van der Waals surface area (Å²) in [6, 6.07) is 13.0. The number of rotatable bonds is 9. The summed E-state index contributed by atoms with van der Waals surface area (Å²) in [6.07, 6.45) is 0. The molecular weight excluding hydrogens is 365 g/mol. The van der Waals surface area contributed by atoms with Crippen molar-refractivity contribution in [2.24, 2.45) is 0 Å². The average molecular weight is 389 g/mol. The first-order chi connectivity index (χ1) is 12.9. The maximum absolute atomic E-state index is 12.8. The Morgan fingerprint density at radius 1 is 1.04 bits per heavy atom. The molecule has 0 spiro atoms. The van der Waals surface area contributed by atoms with Gasteiger partial charge >= 0.3 is 0 Å². The van der Waals surface area contributed by atoms with Crippen LogP contribution >= 0.6 is 11.8 Å². The average Bonchev–Trinajstić information content (AvgIpc) is 2.64. The Balaban J connectivity index is 1.72. The lowest BCUT2D eigenvalue weighted by Crippen LogP contribution is -2.31. The number of hydrogen-bond donors (Lipinski definition) is 2. The lowest BCUT2D eigenvalue weighted by atomic mass is 10.1. The molecule has 27 heavy (non-hydrogen) atoms. The van der Waals surface area contributed by atoms with Gasteiger partial charge in [-0.2, -0.15) is 0 Å². The molecule has 0 aliphatic rings. The number of nitrogens with one attached hydrogen (secondary N) is 2. The summed E-state index contributed by atoms with van der Waals surface area (Å²) in [4.78, 5) is 25.9. The molecule has 2 rings (SSSR count). The largest absolute Gasteiger partial charge is 0.351 e. The zero-order valence-corrected chi connectivity index (χ0v) is 16.3. The third-order valence-corrected chi connectivity index (χ3v) is 4.69. The van der Waals surface area contributed by atoms with Gasteiger partial charge < -0.3 is 15.5 Å². The van der Waals surface area contributed by atoms with Crippen molar-refractivity contribution < 1.29 is 14.0 Å². The van der Waals surface area contributed by atoms with Gasteiger partial charge in [0.25, 0.3) is 5.91 Å². The van der Waals surface area contributed by atoms with Gasteiger partial charge in [-0.05, 0) is 56.1 Å². The van der Waals surface area contributed by atoms with Crippen LogP contribution in [0.25, 0.3) is 0 Å². The van der Waals surface area contributed by atoms with E-state index in [9.17, 15) is 14.0 Å². The predicted molar refractivity (Wildman–Crippen MR) is 109 cm³/mol. The van der Waals surface area contributed by atoms with Crippen LogP contribution in [0.4, 0.5) is 10.1 Å². The minimum Gasteiger partial charge on any atom is -0.351 e. The number of halogens is 1. The Labute approximate surface area is 163 Å². The first kappa shape index (κ1) is 20.9. The fourth-order valence-corrected chi connectivity index (χ4v) is 3.03.